The standard InChI is InChI=1S/C11H9N3O3S/c15-11(9-5-10(14(16)17)18-7-9)13-6-8-1-3-12-4-2-8/h1-5,7H,6H2,(H,13,15). The molecule has 92 valence electrons. The first-order valence-corrected chi connectivity index (χ1v) is 5.95. The van der Waals surface area contributed by atoms with Gasteiger partial charge >= 0.3 is 5.00 Å². The minimum atomic E-state index is -0.510. The topological polar surface area (TPSA) is 85.1 Å². The van der Waals surface area contributed by atoms with Gasteiger partial charge in [-0.05, 0) is 17.7 Å². The molecule has 0 saturated heterocycles. The maximum Gasteiger partial charge on any atom is 0.324 e. The van der Waals surface area contributed by atoms with Gasteiger partial charge in [-0.25, -0.2) is 0 Å². The molecule has 18 heavy (non-hydrogen) atoms. The summed E-state index contributed by atoms with van der Waals surface area (Å²) in [4.78, 5) is 25.6. The summed E-state index contributed by atoms with van der Waals surface area (Å²) in [5.74, 6) is -0.323. The molecule has 0 aromatic carbocycles. The molecule has 2 aromatic heterocycles. The van der Waals surface area contributed by atoms with Crippen molar-refractivity contribution in [3.05, 3.63) is 57.2 Å². The lowest BCUT2D eigenvalue weighted by molar-refractivity contribution is -0.380. The van der Waals surface area contributed by atoms with E-state index in [0.717, 1.165) is 16.9 Å². The second kappa shape index (κ2) is 5.37. The quantitative estimate of drug-likeness (QED) is 0.675. The van der Waals surface area contributed by atoms with Gasteiger partial charge in [-0.3, -0.25) is 19.9 Å². The average Bonchev–Trinajstić information content (AvgIpc) is 2.87. The molecule has 1 N–H and O–H groups in total. The summed E-state index contributed by atoms with van der Waals surface area (Å²) in [5.41, 5.74) is 1.23. The Bertz CT molecular complexity index is 568. The van der Waals surface area contributed by atoms with Gasteiger partial charge in [0.2, 0.25) is 0 Å². The maximum absolute atomic E-state index is 11.7. The van der Waals surface area contributed by atoms with E-state index in [1.807, 2.05) is 0 Å². The first-order chi connectivity index (χ1) is 8.66. The number of nitrogens with one attached hydrogen (secondary N) is 1. The van der Waals surface area contributed by atoms with Crippen LogP contribution in [0.2, 0.25) is 0 Å². The van der Waals surface area contributed by atoms with E-state index in [0.29, 0.717) is 12.1 Å². The number of amides is 1. The number of hydrogen-bond donors (Lipinski definition) is 1. The lowest BCUT2D eigenvalue weighted by Crippen LogP contribution is -2.22. The van der Waals surface area contributed by atoms with Crippen molar-refractivity contribution < 1.29 is 9.72 Å². The predicted octanol–water partition coefficient (Wildman–Crippen LogP) is 1.98. The minimum Gasteiger partial charge on any atom is -0.348 e. The molecule has 7 heteroatoms. The number of carbonyl (C=O) groups is 1. The highest BCUT2D eigenvalue weighted by Crippen LogP contribution is 2.22. The maximum atomic E-state index is 11.7. The number of hydrogen-bond acceptors (Lipinski definition) is 5. The van der Waals surface area contributed by atoms with E-state index >= 15 is 0 Å². The van der Waals surface area contributed by atoms with Crippen molar-refractivity contribution in [1.82, 2.24) is 10.3 Å². The molecule has 0 radical (unpaired) electrons. The molecule has 0 aliphatic rings. The van der Waals surface area contributed by atoms with Crippen LogP contribution in [0.1, 0.15) is 15.9 Å². The van der Waals surface area contributed by atoms with Crippen LogP contribution in [-0.2, 0) is 6.54 Å². The molecule has 0 spiro atoms. The van der Waals surface area contributed by atoms with Crippen LogP contribution in [0.4, 0.5) is 5.00 Å². The molecule has 0 aliphatic heterocycles. The third kappa shape index (κ3) is 2.89. The van der Waals surface area contributed by atoms with Gasteiger partial charge in [-0.1, -0.05) is 11.3 Å². The second-order valence-corrected chi connectivity index (χ2v) is 4.36. The van der Waals surface area contributed by atoms with E-state index < -0.39 is 4.92 Å². The highest BCUT2D eigenvalue weighted by Gasteiger charge is 2.14. The smallest absolute Gasteiger partial charge is 0.324 e. The molecule has 0 atom stereocenters. The van der Waals surface area contributed by atoms with Crippen molar-refractivity contribution in [1.29, 1.82) is 0 Å². The van der Waals surface area contributed by atoms with Crippen molar-refractivity contribution >= 4 is 22.2 Å². The first-order valence-electron chi connectivity index (χ1n) is 5.07. The van der Waals surface area contributed by atoms with Gasteiger partial charge in [-0.2, -0.15) is 0 Å². The summed E-state index contributed by atoms with van der Waals surface area (Å²) in [6.07, 6.45) is 3.27. The number of rotatable bonds is 4. The van der Waals surface area contributed by atoms with Crippen LogP contribution in [-0.4, -0.2) is 15.8 Å². The lowest BCUT2D eigenvalue weighted by atomic mass is 10.2. The van der Waals surface area contributed by atoms with Crippen LogP contribution in [0.3, 0.4) is 0 Å². The summed E-state index contributed by atoms with van der Waals surface area (Å²) in [7, 11) is 0. The van der Waals surface area contributed by atoms with E-state index in [9.17, 15) is 14.9 Å². The summed E-state index contributed by atoms with van der Waals surface area (Å²) in [5, 5.41) is 14.6. The SMILES string of the molecule is O=C(NCc1ccncc1)c1csc([N+](=O)[O-])c1. The Kier molecular flexibility index (Phi) is 3.63. The van der Waals surface area contributed by atoms with Gasteiger partial charge in [0.25, 0.3) is 5.91 Å². The molecule has 2 heterocycles. The number of nitro groups is 1. The third-order valence-electron chi connectivity index (χ3n) is 2.23. The van der Waals surface area contributed by atoms with E-state index in [2.05, 4.69) is 10.3 Å². The van der Waals surface area contributed by atoms with E-state index in [1.54, 1.807) is 24.5 Å². The molecule has 0 fully saturated rings. The fraction of sp³-hybridized carbons (Fsp3) is 0.0909. The first kappa shape index (κ1) is 12.2. The van der Waals surface area contributed by atoms with Crippen LogP contribution in [0.15, 0.2) is 36.0 Å². The lowest BCUT2D eigenvalue weighted by Gasteiger charge is -2.02. The number of carbonyl (C=O) groups excluding carboxylic acids is 1. The van der Waals surface area contributed by atoms with Gasteiger partial charge in [0.1, 0.15) is 0 Å². The molecule has 0 aliphatic carbocycles. The Labute approximate surface area is 106 Å². The zero-order chi connectivity index (χ0) is 13.0. The molecular weight excluding hydrogens is 254 g/mol. The molecule has 0 bridgehead atoms. The summed E-state index contributed by atoms with van der Waals surface area (Å²) in [6.45, 7) is 0.366. The molecule has 0 unspecified atom stereocenters. The van der Waals surface area contributed by atoms with Crippen molar-refractivity contribution in [2.45, 2.75) is 6.54 Å². The highest BCUT2D eigenvalue weighted by atomic mass is 32.1. The predicted molar refractivity (Wildman–Crippen MR) is 66.4 cm³/mol. The van der Waals surface area contributed by atoms with Crippen molar-refractivity contribution in [3.8, 4) is 0 Å². The number of aromatic nitrogens is 1. The van der Waals surface area contributed by atoms with Gasteiger partial charge in [0, 0.05) is 30.4 Å². The summed E-state index contributed by atoms with van der Waals surface area (Å²) >= 11 is 0.938. The van der Waals surface area contributed by atoms with Crippen molar-refractivity contribution in [3.63, 3.8) is 0 Å². The van der Waals surface area contributed by atoms with Crippen LogP contribution >= 0.6 is 11.3 Å². The molecule has 1 amide bonds. The Balaban J connectivity index is 1.97. The zero-order valence-electron chi connectivity index (χ0n) is 9.20. The van der Waals surface area contributed by atoms with Crippen LogP contribution < -0.4 is 5.32 Å². The van der Waals surface area contributed by atoms with Gasteiger partial charge in [-0.15, -0.1) is 0 Å². The monoisotopic (exact) mass is 263 g/mol. The van der Waals surface area contributed by atoms with Gasteiger partial charge < -0.3 is 5.32 Å². The zero-order valence-corrected chi connectivity index (χ0v) is 10.0. The molecule has 6 nitrogen and oxygen atoms in total. The Morgan fingerprint density at radius 1 is 1.44 bits per heavy atom. The van der Waals surface area contributed by atoms with Crippen LogP contribution in [0, 0.1) is 10.1 Å². The molecule has 2 rings (SSSR count). The van der Waals surface area contributed by atoms with E-state index in [4.69, 9.17) is 0 Å². The molecule has 0 saturated carbocycles. The number of thiophene rings is 1. The molecule has 2 aromatic rings. The fourth-order valence-corrected chi connectivity index (χ4v) is 2.03. The number of pyridine rings is 1. The molecular formula is C11H9N3O3S. The van der Waals surface area contributed by atoms with E-state index in [-0.39, 0.29) is 10.9 Å². The van der Waals surface area contributed by atoms with Crippen LogP contribution in [0.25, 0.3) is 0 Å². The van der Waals surface area contributed by atoms with Gasteiger partial charge in [0.05, 0.1) is 10.5 Å². The van der Waals surface area contributed by atoms with Crippen LogP contribution in [0.5, 0.6) is 0 Å². The van der Waals surface area contributed by atoms with E-state index in [1.165, 1.54) is 11.4 Å². The fourth-order valence-electron chi connectivity index (χ4n) is 1.32. The Hall–Kier alpha value is -2.28. The van der Waals surface area contributed by atoms with Crippen molar-refractivity contribution in [2.75, 3.05) is 0 Å². The Morgan fingerprint density at radius 2 is 2.17 bits per heavy atom. The average molecular weight is 263 g/mol. The normalized spacial score (nSPS) is 10.0. The minimum absolute atomic E-state index is 0.0379. The van der Waals surface area contributed by atoms with Gasteiger partial charge in [0.15, 0.2) is 0 Å². The Morgan fingerprint density at radius 3 is 2.78 bits per heavy atom. The third-order valence-corrected chi connectivity index (χ3v) is 3.11. The van der Waals surface area contributed by atoms with Crippen molar-refractivity contribution in [2.24, 2.45) is 0 Å². The second-order valence-electron chi connectivity index (χ2n) is 3.47. The summed E-state index contributed by atoms with van der Waals surface area (Å²) < 4.78 is 0. The number of nitrogens with zero attached hydrogens (tertiary/aromatic N) is 2. The summed E-state index contributed by atoms with van der Waals surface area (Å²) in [6, 6.07) is 4.85. The highest BCUT2D eigenvalue weighted by molar-refractivity contribution is 7.13. The largest absolute Gasteiger partial charge is 0.348 e.